The Labute approximate surface area is 121 Å². The largest absolute Gasteiger partial charge is 0.494 e. The van der Waals surface area contributed by atoms with E-state index in [-0.39, 0.29) is 18.3 Å². The molecular weight excluding hydrogens is 251 g/mol. The van der Waals surface area contributed by atoms with Crippen LogP contribution < -0.4 is 5.46 Å². The molecule has 1 aromatic carbocycles. The lowest BCUT2D eigenvalue weighted by atomic mass is 9.79. The smallest absolute Gasteiger partial charge is 0.399 e. The zero-order valence-corrected chi connectivity index (χ0v) is 12.6. The third kappa shape index (κ3) is 3.02. The van der Waals surface area contributed by atoms with E-state index in [1.807, 2.05) is 64.1 Å². The maximum Gasteiger partial charge on any atom is 0.494 e. The van der Waals surface area contributed by atoms with Crippen LogP contribution in [-0.2, 0) is 14.1 Å². The van der Waals surface area contributed by atoms with E-state index in [0.29, 0.717) is 6.42 Å². The number of carbonyl (C=O) groups is 1. The zero-order valence-electron chi connectivity index (χ0n) is 12.6. The molecule has 0 atom stereocenters. The van der Waals surface area contributed by atoms with Gasteiger partial charge in [-0.05, 0) is 38.7 Å². The third-order valence-electron chi connectivity index (χ3n) is 4.00. The second-order valence-corrected chi connectivity index (χ2v) is 6.06. The monoisotopic (exact) mass is 272 g/mol. The number of allylic oxidation sites excluding steroid dienone is 1. The molecule has 0 unspecified atom stereocenters. The molecule has 0 aliphatic carbocycles. The van der Waals surface area contributed by atoms with Crippen molar-refractivity contribution in [3.8, 4) is 0 Å². The molecule has 0 aromatic heterocycles. The fourth-order valence-electron chi connectivity index (χ4n) is 2.00. The molecule has 106 valence electrons. The molecule has 0 N–H and O–H groups in total. The topological polar surface area (TPSA) is 35.5 Å². The van der Waals surface area contributed by atoms with E-state index in [0.717, 1.165) is 17.3 Å². The Morgan fingerprint density at radius 1 is 1.05 bits per heavy atom. The van der Waals surface area contributed by atoms with Gasteiger partial charge in [-0.3, -0.25) is 0 Å². The summed E-state index contributed by atoms with van der Waals surface area (Å²) in [6.07, 6.45) is 5.10. The molecule has 2 rings (SSSR count). The van der Waals surface area contributed by atoms with Gasteiger partial charge in [0.2, 0.25) is 0 Å². The average molecular weight is 272 g/mol. The quantitative estimate of drug-likeness (QED) is 0.624. The minimum absolute atomic E-state index is 0.319. The summed E-state index contributed by atoms with van der Waals surface area (Å²) in [5, 5.41) is 0. The Morgan fingerprint density at radius 3 is 2.10 bits per heavy atom. The summed E-state index contributed by atoms with van der Waals surface area (Å²) in [6, 6.07) is 8.01. The molecule has 0 bridgehead atoms. The Hall–Kier alpha value is -1.39. The summed E-state index contributed by atoms with van der Waals surface area (Å²) in [5.74, 6) is 0. The zero-order chi connectivity index (χ0) is 14.8. The number of hydrogen-bond donors (Lipinski definition) is 0. The van der Waals surface area contributed by atoms with Gasteiger partial charge in [0.15, 0.2) is 0 Å². The fourth-order valence-corrected chi connectivity index (χ4v) is 2.00. The van der Waals surface area contributed by atoms with Crippen molar-refractivity contribution in [1.82, 2.24) is 0 Å². The SMILES string of the molecule is CC1(C)OB(c2ccc(C=CCC=O)cc2)OC1(C)C. The molecule has 0 amide bonds. The minimum Gasteiger partial charge on any atom is -0.399 e. The van der Waals surface area contributed by atoms with Gasteiger partial charge in [0.1, 0.15) is 6.29 Å². The summed E-state index contributed by atoms with van der Waals surface area (Å²) in [6.45, 7) is 8.18. The van der Waals surface area contributed by atoms with Gasteiger partial charge in [0.25, 0.3) is 0 Å². The number of aldehydes is 1. The standard InChI is InChI=1S/C16H21BO3/c1-15(2)16(3,4)20-17(19-15)14-10-8-13(9-11-14)7-5-6-12-18/h5,7-12H,6H2,1-4H3. The summed E-state index contributed by atoms with van der Waals surface area (Å²) >= 11 is 0. The van der Waals surface area contributed by atoms with Gasteiger partial charge in [-0.1, -0.05) is 36.4 Å². The van der Waals surface area contributed by atoms with Crippen LogP contribution in [0.5, 0.6) is 0 Å². The van der Waals surface area contributed by atoms with Crippen molar-refractivity contribution in [2.75, 3.05) is 0 Å². The highest BCUT2D eigenvalue weighted by atomic mass is 16.7. The van der Waals surface area contributed by atoms with Crippen molar-refractivity contribution < 1.29 is 14.1 Å². The lowest BCUT2D eigenvalue weighted by molar-refractivity contribution is -0.107. The highest BCUT2D eigenvalue weighted by Crippen LogP contribution is 2.36. The van der Waals surface area contributed by atoms with Crippen LogP contribution in [-0.4, -0.2) is 24.6 Å². The molecule has 3 nitrogen and oxygen atoms in total. The van der Waals surface area contributed by atoms with E-state index in [4.69, 9.17) is 9.31 Å². The molecule has 0 radical (unpaired) electrons. The number of carbonyl (C=O) groups excluding carboxylic acids is 1. The maximum atomic E-state index is 10.3. The lowest BCUT2D eigenvalue weighted by Crippen LogP contribution is -2.41. The summed E-state index contributed by atoms with van der Waals surface area (Å²) < 4.78 is 12.0. The second-order valence-electron chi connectivity index (χ2n) is 6.06. The van der Waals surface area contributed by atoms with Crippen LogP contribution in [0.15, 0.2) is 30.3 Å². The van der Waals surface area contributed by atoms with Crippen molar-refractivity contribution in [1.29, 1.82) is 0 Å². The third-order valence-corrected chi connectivity index (χ3v) is 4.00. The average Bonchev–Trinajstić information content (AvgIpc) is 2.60. The fraction of sp³-hybridized carbons (Fsp3) is 0.438. The van der Waals surface area contributed by atoms with Crippen molar-refractivity contribution in [3.05, 3.63) is 35.9 Å². The van der Waals surface area contributed by atoms with E-state index in [9.17, 15) is 4.79 Å². The summed E-state index contributed by atoms with van der Waals surface area (Å²) in [4.78, 5) is 10.3. The molecule has 0 saturated carbocycles. The van der Waals surface area contributed by atoms with Crippen molar-refractivity contribution in [3.63, 3.8) is 0 Å². The molecule has 1 aromatic rings. The van der Waals surface area contributed by atoms with Crippen LogP contribution in [0.3, 0.4) is 0 Å². The van der Waals surface area contributed by atoms with Crippen molar-refractivity contribution >= 4 is 24.9 Å². The van der Waals surface area contributed by atoms with Gasteiger partial charge >= 0.3 is 7.12 Å². The van der Waals surface area contributed by atoms with E-state index >= 15 is 0 Å². The first kappa shape index (κ1) is 15.0. The molecule has 1 fully saturated rings. The van der Waals surface area contributed by atoms with Crippen molar-refractivity contribution in [2.45, 2.75) is 45.3 Å². The van der Waals surface area contributed by atoms with Gasteiger partial charge in [0.05, 0.1) is 11.2 Å². The molecular formula is C16H21BO3. The van der Waals surface area contributed by atoms with E-state index in [2.05, 4.69) is 0 Å². The van der Waals surface area contributed by atoms with Gasteiger partial charge in [-0.25, -0.2) is 0 Å². The molecule has 1 aliphatic heterocycles. The Kier molecular flexibility index (Phi) is 4.16. The van der Waals surface area contributed by atoms with Gasteiger partial charge in [-0.2, -0.15) is 0 Å². The maximum absolute atomic E-state index is 10.3. The number of rotatable bonds is 4. The molecule has 20 heavy (non-hydrogen) atoms. The molecule has 1 saturated heterocycles. The molecule has 1 aliphatic rings. The van der Waals surface area contributed by atoms with Gasteiger partial charge in [0, 0.05) is 6.42 Å². The predicted octanol–water partition coefficient (Wildman–Crippen LogP) is 2.59. The molecule has 4 heteroatoms. The van der Waals surface area contributed by atoms with E-state index < -0.39 is 0 Å². The first-order chi connectivity index (χ1) is 9.36. The second kappa shape index (κ2) is 5.54. The first-order valence-electron chi connectivity index (χ1n) is 6.91. The Balaban J connectivity index is 2.10. The highest BCUT2D eigenvalue weighted by Gasteiger charge is 2.51. The van der Waals surface area contributed by atoms with Crippen molar-refractivity contribution in [2.24, 2.45) is 0 Å². The Bertz CT molecular complexity index is 487. The van der Waals surface area contributed by atoms with Crippen LogP contribution in [0.4, 0.5) is 0 Å². The Morgan fingerprint density at radius 2 is 1.60 bits per heavy atom. The number of hydrogen-bond acceptors (Lipinski definition) is 3. The number of benzene rings is 1. The normalized spacial score (nSPS) is 20.5. The highest BCUT2D eigenvalue weighted by molar-refractivity contribution is 6.62. The predicted molar refractivity (Wildman–Crippen MR) is 81.9 cm³/mol. The molecule has 1 heterocycles. The van der Waals surface area contributed by atoms with Crippen LogP contribution >= 0.6 is 0 Å². The van der Waals surface area contributed by atoms with Crippen LogP contribution in [0.2, 0.25) is 0 Å². The summed E-state index contributed by atoms with van der Waals surface area (Å²) in [7, 11) is -0.326. The van der Waals surface area contributed by atoms with Gasteiger partial charge < -0.3 is 14.1 Å². The van der Waals surface area contributed by atoms with E-state index in [1.165, 1.54) is 0 Å². The first-order valence-corrected chi connectivity index (χ1v) is 6.91. The van der Waals surface area contributed by atoms with Crippen LogP contribution in [0, 0.1) is 0 Å². The van der Waals surface area contributed by atoms with Gasteiger partial charge in [-0.15, -0.1) is 0 Å². The van der Waals surface area contributed by atoms with Crippen LogP contribution in [0.25, 0.3) is 6.08 Å². The lowest BCUT2D eigenvalue weighted by Gasteiger charge is -2.32. The summed E-state index contributed by atoms with van der Waals surface area (Å²) in [5.41, 5.74) is 1.43. The van der Waals surface area contributed by atoms with E-state index in [1.54, 1.807) is 0 Å². The van der Waals surface area contributed by atoms with Crippen LogP contribution in [0.1, 0.15) is 39.7 Å². The minimum atomic E-state index is -0.326. The molecule has 0 spiro atoms.